The third-order valence-electron chi connectivity index (χ3n) is 3.20. The summed E-state index contributed by atoms with van der Waals surface area (Å²) in [5.41, 5.74) is 4.66. The Labute approximate surface area is 136 Å². The van der Waals surface area contributed by atoms with Gasteiger partial charge < -0.3 is 9.47 Å². The molecule has 0 bridgehead atoms. The number of halogens is 1. The SMILES string of the molecule is CC(=NNC(=O)c1ccc2c(c1)OCO2)c1cccc(Br)c1. The molecule has 0 saturated carbocycles. The number of nitrogens with one attached hydrogen (secondary N) is 1. The summed E-state index contributed by atoms with van der Waals surface area (Å²) in [5.74, 6) is 0.915. The summed E-state index contributed by atoms with van der Waals surface area (Å²) in [5, 5.41) is 4.13. The number of rotatable bonds is 3. The maximum atomic E-state index is 12.1. The molecule has 0 aromatic heterocycles. The topological polar surface area (TPSA) is 59.9 Å². The van der Waals surface area contributed by atoms with Crippen molar-refractivity contribution in [2.45, 2.75) is 6.92 Å². The summed E-state index contributed by atoms with van der Waals surface area (Å²) in [4.78, 5) is 12.1. The van der Waals surface area contributed by atoms with E-state index < -0.39 is 0 Å². The molecule has 0 aliphatic carbocycles. The minimum Gasteiger partial charge on any atom is -0.454 e. The highest BCUT2D eigenvalue weighted by Crippen LogP contribution is 2.32. The first-order valence-electron chi connectivity index (χ1n) is 6.64. The zero-order chi connectivity index (χ0) is 15.5. The maximum Gasteiger partial charge on any atom is 0.271 e. The van der Waals surface area contributed by atoms with Crippen molar-refractivity contribution < 1.29 is 14.3 Å². The van der Waals surface area contributed by atoms with Gasteiger partial charge in [0.25, 0.3) is 5.91 Å². The quantitative estimate of drug-likeness (QED) is 0.674. The highest BCUT2D eigenvalue weighted by atomic mass is 79.9. The van der Waals surface area contributed by atoms with Crippen LogP contribution in [0, 0.1) is 0 Å². The summed E-state index contributed by atoms with van der Waals surface area (Å²) >= 11 is 3.41. The lowest BCUT2D eigenvalue weighted by Gasteiger charge is -2.04. The summed E-state index contributed by atoms with van der Waals surface area (Å²) < 4.78 is 11.4. The van der Waals surface area contributed by atoms with Gasteiger partial charge in [-0.1, -0.05) is 28.1 Å². The molecule has 1 aliphatic heterocycles. The van der Waals surface area contributed by atoms with Crippen LogP contribution < -0.4 is 14.9 Å². The second kappa shape index (κ2) is 6.19. The van der Waals surface area contributed by atoms with Crippen LogP contribution in [0.2, 0.25) is 0 Å². The highest BCUT2D eigenvalue weighted by Gasteiger charge is 2.16. The number of hydrogen-bond acceptors (Lipinski definition) is 4. The lowest BCUT2D eigenvalue weighted by Crippen LogP contribution is -2.19. The molecule has 5 nitrogen and oxygen atoms in total. The van der Waals surface area contributed by atoms with Gasteiger partial charge in [-0.15, -0.1) is 0 Å². The largest absolute Gasteiger partial charge is 0.454 e. The molecule has 112 valence electrons. The molecule has 0 atom stereocenters. The van der Waals surface area contributed by atoms with Gasteiger partial charge in [0.05, 0.1) is 5.71 Å². The first kappa shape index (κ1) is 14.6. The number of ether oxygens (including phenoxy) is 2. The van der Waals surface area contributed by atoms with E-state index in [0.29, 0.717) is 17.1 Å². The predicted octanol–water partition coefficient (Wildman–Crippen LogP) is 3.33. The molecule has 0 spiro atoms. The molecule has 1 amide bonds. The molecule has 1 heterocycles. The van der Waals surface area contributed by atoms with Crippen LogP contribution in [-0.2, 0) is 0 Å². The third-order valence-corrected chi connectivity index (χ3v) is 3.70. The Morgan fingerprint density at radius 3 is 2.77 bits per heavy atom. The molecule has 0 radical (unpaired) electrons. The molecular formula is C16H13BrN2O3. The van der Waals surface area contributed by atoms with Gasteiger partial charge in [0, 0.05) is 10.0 Å². The monoisotopic (exact) mass is 360 g/mol. The summed E-state index contributed by atoms with van der Waals surface area (Å²) in [6.07, 6.45) is 0. The smallest absolute Gasteiger partial charge is 0.271 e. The van der Waals surface area contributed by atoms with Gasteiger partial charge in [-0.05, 0) is 42.8 Å². The number of hydrazone groups is 1. The fourth-order valence-electron chi connectivity index (χ4n) is 2.02. The average molecular weight is 361 g/mol. The van der Waals surface area contributed by atoms with E-state index >= 15 is 0 Å². The summed E-state index contributed by atoms with van der Waals surface area (Å²) in [7, 11) is 0. The number of amides is 1. The van der Waals surface area contributed by atoms with E-state index in [0.717, 1.165) is 15.7 Å². The third kappa shape index (κ3) is 3.12. The Hall–Kier alpha value is -2.34. The molecule has 1 N–H and O–H groups in total. The molecular weight excluding hydrogens is 348 g/mol. The van der Waals surface area contributed by atoms with Crippen molar-refractivity contribution in [2.24, 2.45) is 5.10 Å². The van der Waals surface area contributed by atoms with Gasteiger partial charge in [-0.2, -0.15) is 5.10 Å². The van der Waals surface area contributed by atoms with Crippen molar-refractivity contribution in [1.29, 1.82) is 0 Å². The first-order chi connectivity index (χ1) is 10.6. The number of benzene rings is 2. The normalized spacial score (nSPS) is 13.1. The average Bonchev–Trinajstić information content (AvgIpc) is 2.99. The Morgan fingerprint density at radius 2 is 1.95 bits per heavy atom. The Bertz CT molecular complexity index is 759. The molecule has 22 heavy (non-hydrogen) atoms. The van der Waals surface area contributed by atoms with E-state index in [-0.39, 0.29) is 12.7 Å². The summed E-state index contributed by atoms with van der Waals surface area (Å²) in [6, 6.07) is 12.7. The molecule has 6 heteroatoms. The molecule has 0 fully saturated rings. The summed E-state index contributed by atoms with van der Waals surface area (Å²) in [6.45, 7) is 2.02. The van der Waals surface area contributed by atoms with Crippen LogP contribution in [0.25, 0.3) is 0 Å². The molecule has 2 aromatic rings. The van der Waals surface area contributed by atoms with Gasteiger partial charge in [-0.25, -0.2) is 5.43 Å². The predicted molar refractivity (Wildman–Crippen MR) is 86.4 cm³/mol. The van der Waals surface area contributed by atoms with Crippen LogP contribution >= 0.6 is 15.9 Å². The van der Waals surface area contributed by atoms with E-state index in [4.69, 9.17) is 9.47 Å². The molecule has 1 aliphatic rings. The Balaban J connectivity index is 1.73. The standard InChI is InChI=1S/C16H13BrN2O3/c1-10(11-3-2-4-13(17)7-11)18-19-16(20)12-5-6-14-15(8-12)22-9-21-14/h2-8H,9H2,1H3,(H,19,20). The fourth-order valence-corrected chi connectivity index (χ4v) is 2.41. The molecule has 0 unspecified atom stereocenters. The zero-order valence-corrected chi connectivity index (χ0v) is 13.4. The number of hydrogen-bond donors (Lipinski definition) is 1. The van der Waals surface area contributed by atoms with E-state index in [9.17, 15) is 4.79 Å². The van der Waals surface area contributed by atoms with Crippen molar-refractivity contribution in [1.82, 2.24) is 5.43 Å². The zero-order valence-electron chi connectivity index (χ0n) is 11.8. The number of fused-ring (bicyclic) bond motifs is 1. The van der Waals surface area contributed by atoms with Crippen LogP contribution in [0.5, 0.6) is 11.5 Å². The number of carbonyl (C=O) groups excluding carboxylic acids is 1. The van der Waals surface area contributed by atoms with Crippen molar-refractivity contribution in [2.75, 3.05) is 6.79 Å². The fraction of sp³-hybridized carbons (Fsp3) is 0.125. The Kier molecular flexibility index (Phi) is 4.11. The highest BCUT2D eigenvalue weighted by molar-refractivity contribution is 9.10. The minimum absolute atomic E-state index is 0.181. The van der Waals surface area contributed by atoms with Crippen molar-refractivity contribution >= 4 is 27.5 Å². The lowest BCUT2D eigenvalue weighted by atomic mass is 10.1. The molecule has 3 rings (SSSR count). The maximum absolute atomic E-state index is 12.1. The van der Waals surface area contributed by atoms with Gasteiger partial charge in [0.15, 0.2) is 11.5 Å². The van der Waals surface area contributed by atoms with E-state index in [1.54, 1.807) is 18.2 Å². The molecule has 2 aromatic carbocycles. The molecule has 0 saturated heterocycles. The lowest BCUT2D eigenvalue weighted by molar-refractivity contribution is 0.0954. The minimum atomic E-state index is -0.298. The van der Waals surface area contributed by atoms with E-state index in [1.165, 1.54) is 0 Å². The van der Waals surface area contributed by atoms with E-state index in [1.807, 2.05) is 31.2 Å². The van der Waals surface area contributed by atoms with Crippen molar-refractivity contribution in [3.63, 3.8) is 0 Å². The number of carbonyl (C=O) groups is 1. The number of nitrogens with zero attached hydrogens (tertiary/aromatic N) is 1. The van der Waals surface area contributed by atoms with Gasteiger partial charge in [0.2, 0.25) is 6.79 Å². The second-order valence-corrected chi connectivity index (χ2v) is 5.63. The Morgan fingerprint density at radius 1 is 1.14 bits per heavy atom. The second-order valence-electron chi connectivity index (χ2n) is 4.72. The van der Waals surface area contributed by atoms with Crippen LogP contribution in [0.15, 0.2) is 52.0 Å². The van der Waals surface area contributed by atoms with E-state index in [2.05, 4.69) is 26.5 Å². The van der Waals surface area contributed by atoms with Crippen LogP contribution in [0.1, 0.15) is 22.8 Å². The van der Waals surface area contributed by atoms with Gasteiger partial charge in [0.1, 0.15) is 0 Å². The van der Waals surface area contributed by atoms with Gasteiger partial charge >= 0.3 is 0 Å². The van der Waals surface area contributed by atoms with Crippen LogP contribution in [0.3, 0.4) is 0 Å². The van der Waals surface area contributed by atoms with Gasteiger partial charge in [-0.3, -0.25) is 4.79 Å². The van der Waals surface area contributed by atoms with Crippen molar-refractivity contribution in [3.05, 3.63) is 58.1 Å². The first-order valence-corrected chi connectivity index (χ1v) is 7.43. The van der Waals surface area contributed by atoms with Crippen molar-refractivity contribution in [3.8, 4) is 11.5 Å². The van der Waals surface area contributed by atoms with Crippen LogP contribution in [0.4, 0.5) is 0 Å². The van der Waals surface area contributed by atoms with Crippen LogP contribution in [-0.4, -0.2) is 18.4 Å².